The molecule has 1 aromatic carbocycles. The second-order valence-corrected chi connectivity index (χ2v) is 3.52. The zero-order chi connectivity index (χ0) is 8.93. The minimum absolute atomic E-state index is 1.10. The maximum atomic E-state index is 3.29. The van der Waals surface area contributed by atoms with Gasteiger partial charge in [0.1, 0.15) is 0 Å². The lowest BCUT2D eigenvalue weighted by Crippen LogP contribution is -2.14. The number of rotatable bonds is 2. The monoisotopic (exact) mass is 173 g/mol. The summed E-state index contributed by atoms with van der Waals surface area (Å²) in [6.07, 6.45) is 5.81. The van der Waals surface area contributed by atoms with Crippen LogP contribution in [0.15, 0.2) is 42.1 Å². The predicted molar refractivity (Wildman–Crippen MR) is 55.5 cm³/mol. The van der Waals surface area contributed by atoms with Crippen molar-refractivity contribution in [3.63, 3.8) is 0 Å². The van der Waals surface area contributed by atoms with E-state index in [9.17, 15) is 0 Å². The van der Waals surface area contributed by atoms with Gasteiger partial charge in [-0.25, -0.2) is 0 Å². The Morgan fingerprint density at radius 2 is 2.00 bits per heavy atom. The minimum atomic E-state index is 1.10. The molecular formula is C12H15N. The summed E-state index contributed by atoms with van der Waals surface area (Å²) in [6.45, 7) is 1.14. The molecular weight excluding hydrogens is 158 g/mol. The molecule has 0 fully saturated rings. The smallest absolute Gasteiger partial charge is 0.0144 e. The molecule has 1 aliphatic rings. The van der Waals surface area contributed by atoms with E-state index in [1.165, 1.54) is 24.0 Å². The van der Waals surface area contributed by atoms with Crippen molar-refractivity contribution in [2.45, 2.75) is 19.3 Å². The molecule has 0 unspecified atom stereocenters. The van der Waals surface area contributed by atoms with Crippen LogP contribution in [0.5, 0.6) is 0 Å². The van der Waals surface area contributed by atoms with Gasteiger partial charge in [-0.05, 0) is 31.0 Å². The quantitative estimate of drug-likeness (QED) is 0.724. The summed E-state index contributed by atoms with van der Waals surface area (Å²) in [6, 6.07) is 10.7. The van der Waals surface area contributed by atoms with E-state index in [2.05, 4.69) is 41.8 Å². The number of hydrogen-bond acceptors (Lipinski definition) is 1. The van der Waals surface area contributed by atoms with Gasteiger partial charge >= 0.3 is 0 Å². The summed E-state index contributed by atoms with van der Waals surface area (Å²) in [5.41, 5.74) is 2.94. The Bertz CT molecular complexity index is 287. The molecule has 0 amide bonds. The van der Waals surface area contributed by atoms with Crippen molar-refractivity contribution in [3.05, 3.63) is 47.7 Å². The fraction of sp³-hybridized carbons (Fsp3) is 0.333. The molecule has 1 nitrogen and oxygen atoms in total. The molecule has 0 saturated carbocycles. The third-order valence-corrected chi connectivity index (χ3v) is 2.40. The van der Waals surface area contributed by atoms with Crippen LogP contribution in [0.2, 0.25) is 0 Å². The van der Waals surface area contributed by atoms with Gasteiger partial charge in [0, 0.05) is 6.54 Å². The molecule has 1 heteroatoms. The summed E-state index contributed by atoms with van der Waals surface area (Å²) in [7, 11) is 0. The Morgan fingerprint density at radius 3 is 2.69 bits per heavy atom. The van der Waals surface area contributed by atoms with Crippen LogP contribution < -0.4 is 5.32 Å². The molecule has 2 rings (SSSR count). The van der Waals surface area contributed by atoms with Gasteiger partial charge in [-0.3, -0.25) is 0 Å². The largest absolute Gasteiger partial charge is 0.391 e. The lowest BCUT2D eigenvalue weighted by Gasteiger charge is -2.13. The van der Waals surface area contributed by atoms with E-state index in [1.54, 1.807) is 0 Å². The van der Waals surface area contributed by atoms with Crippen molar-refractivity contribution in [2.75, 3.05) is 6.54 Å². The first kappa shape index (κ1) is 8.36. The van der Waals surface area contributed by atoms with Crippen molar-refractivity contribution in [1.82, 2.24) is 5.32 Å². The Hall–Kier alpha value is -1.24. The van der Waals surface area contributed by atoms with Crippen molar-refractivity contribution >= 4 is 0 Å². The van der Waals surface area contributed by atoms with Crippen molar-refractivity contribution in [2.24, 2.45) is 0 Å². The highest BCUT2D eigenvalue weighted by Gasteiger charge is 2.03. The molecule has 13 heavy (non-hydrogen) atoms. The fourth-order valence-electron chi connectivity index (χ4n) is 1.70. The van der Waals surface area contributed by atoms with Crippen LogP contribution in [-0.2, 0) is 6.42 Å². The van der Waals surface area contributed by atoms with Gasteiger partial charge in [0.2, 0.25) is 0 Å². The highest BCUT2D eigenvalue weighted by molar-refractivity contribution is 5.22. The summed E-state index contributed by atoms with van der Waals surface area (Å²) in [4.78, 5) is 0. The molecule has 1 aromatic rings. The maximum absolute atomic E-state index is 3.29. The predicted octanol–water partition coefficient (Wildman–Crippen LogP) is 2.50. The van der Waals surface area contributed by atoms with Crippen LogP contribution >= 0.6 is 0 Å². The minimum Gasteiger partial charge on any atom is -0.391 e. The lowest BCUT2D eigenvalue weighted by molar-refractivity contribution is 0.686. The van der Waals surface area contributed by atoms with E-state index in [0.717, 1.165) is 13.0 Å². The Labute approximate surface area is 79.5 Å². The first-order valence-corrected chi connectivity index (χ1v) is 4.90. The second kappa shape index (κ2) is 4.13. The van der Waals surface area contributed by atoms with E-state index < -0.39 is 0 Å². The Kier molecular flexibility index (Phi) is 2.65. The average Bonchev–Trinajstić information content (AvgIpc) is 2.21. The average molecular weight is 173 g/mol. The molecule has 1 N–H and O–H groups in total. The molecule has 0 atom stereocenters. The molecule has 0 aliphatic carbocycles. The van der Waals surface area contributed by atoms with Gasteiger partial charge in [0.15, 0.2) is 0 Å². The molecule has 0 radical (unpaired) electrons. The molecule has 1 heterocycles. The first-order valence-electron chi connectivity index (χ1n) is 4.90. The topological polar surface area (TPSA) is 12.0 Å². The molecule has 1 aliphatic heterocycles. The zero-order valence-electron chi connectivity index (χ0n) is 7.79. The highest BCUT2D eigenvalue weighted by atomic mass is 14.8. The zero-order valence-corrected chi connectivity index (χ0v) is 7.79. The molecule has 68 valence electrons. The fourth-order valence-corrected chi connectivity index (χ4v) is 1.70. The van der Waals surface area contributed by atoms with E-state index in [1.807, 2.05) is 0 Å². The Morgan fingerprint density at radius 1 is 1.15 bits per heavy atom. The number of hydrogen-bond donors (Lipinski definition) is 1. The molecule has 0 saturated heterocycles. The number of benzene rings is 1. The van der Waals surface area contributed by atoms with Crippen LogP contribution in [0.3, 0.4) is 0 Å². The summed E-state index contributed by atoms with van der Waals surface area (Å²) >= 11 is 0. The van der Waals surface area contributed by atoms with E-state index in [4.69, 9.17) is 0 Å². The molecule has 0 bridgehead atoms. The van der Waals surface area contributed by atoms with Crippen LogP contribution in [0.25, 0.3) is 0 Å². The normalized spacial score (nSPS) is 16.2. The van der Waals surface area contributed by atoms with Crippen LogP contribution in [-0.4, -0.2) is 6.54 Å². The second-order valence-electron chi connectivity index (χ2n) is 3.52. The summed E-state index contributed by atoms with van der Waals surface area (Å²) in [5, 5.41) is 3.29. The molecule has 0 aromatic heterocycles. The number of allylic oxidation sites excluding steroid dienone is 1. The van der Waals surface area contributed by atoms with E-state index in [-0.39, 0.29) is 0 Å². The van der Waals surface area contributed by atoms with E-state index in [0.29, 0.717) is 0 Å². The van der Waals surface area contributed by atoms with Gasteiger partial charge in [0.25, 0.3) is 0 Å². The van der Waals surface area contributed by atoms with Gasteiger partial charge in [-0.15, -0.1) is 0 Å². The van der Waals surface area contributed by atoms with Crippen LogP contribution in [0, 0.1) is 0 Å². The van der Waals surface area contributed by atoms with Crippen molar-refractivity contribution in [3.8, 4) is 0 Å². The van der Waals surface area contributed by atoms with E-state index >= 15 is 0 Å². The number of nitrogens with one attached hydrogen (secondary N) is 1. The summed E-state index contributed by atoms with van der Waals surface area (Å²) in [5.74, 6) is 0. The standard InChI is InChI=1S/C12H15N/c1-2-5-11(6-3-1)9-12-7-4-8-13-10-12/h1-3,5-6,10,13H,4,7-9H2. The highest BCUT2D eigenvalue weighted by Crippen LogP contribution is 2.14. The third kappa shape index (κ3) is 2.35. The molecule has 0 spiro atoms. The maximum Gasteiger partial charge on any atom is 0.0144 e. The summed E-state index contributed by atoms with van der Waals surface area (Å²) < 4.78 is 0. The van der Waals surface area contributed by atoms with Crippen molar-refractivity contribution in [1.29, 1.82) is 0 Å². The Balaban J connectivity index is 2.01. The van der Waals surface area contributed by atoms with Crippen LogP contribution in [0.4, 0.5) is 0 Å². The van der Waals surface area contributed by atoms with Gasteiger partial charge in [-0.1, -0.05) is 35.9 Å². The van der Waals surface area contributed by atoms with Gasteiger partial charge < -0.3 is 5.32 Å². The van der Waals surface area contributed by atoms with Crippen LogP contribution in [0.1, 0.15) is 18.4 Å². The SMILES string of the molecule is C1=C(Cc2ccccc2)CCCN1. The lowest BCUT2D eigenvalue weighted by atomic mass is 10.0. The first-order chi connectivity index (χ1) is 6.45. The third-order valence-electron chi connectivity index (χ3n) is 2.40. The van der Waals surface area contributed by atoms with Gasteiger partial charge in [-0.2, -0.15) is 0 Å². The van der Waals surface area contributed by atoms with Gasteiger partial charge in [0.05, 0.1) is 0 Å². The van der Waals surface area contributed by atoms with Crippen molar-refractivity contribution < 1.29 is 0 Å².